The van der Waals surface area contributed by atoms with Gasteiger partial charge in [-0.05, 0) is 95.8 Å². The fraction of sp³-hybridized carbons (Fsp3) is 0.379. The molecule has 0 saturated carbocycles. The maximum Gasteiger partial charge on any atom is 0.425 e. The second kappa shape index (κ2) is 11.3. The maximum absolute atomic E-state index is 15.8. The zero-order valence-electron chi connectivity index (χ0n) is 23.4. The van der Waals surface area contributed by atoms with Gasteiger partial charge in [-0.15, -0.1) is 0 Å². The minimum Gasteiger partial charge on any atom is -0.452 e. The van der Waals surface area contributed by atoms with Gasteiger partial charge in [-0.25, -0.2) is 23.4 Å². The number of halogens is 2. The van der Waals surface area contributed by atoms with Gasteiger partial charge in [0.1, 0.15) is 17.0 Å². The van der Waals surface area contributed by atoms with Gasteiger partial charge >= 0.3 is 12.2 Å². The summed E-state index contributed by atoms with van der Waals surface area (Å²) in [6.07, 6.45) is 2.01. The van der Waals surface area contributed by atoms with E-state index in [2.05, 4.69) is 9.97 Å². The zero-order chi connectivity index (χ0) is 29.1. The molecule has 0 spiro atoms. The van der Waals surface area contributed by atoms with Crippen LogP contribution in [0.15, 0.2) is 42.9 Å². The van der Waals surface area contributed by atoms with E-state index < -0.39 is 40.8 Å². The van der Waals surface area contributed by atoms with E-state index >= 15 is 4.39 Å². The molecule has 0 aliphatic rings. The molecule has 10 heteroatoms. The molecule has 0 unspecified atom stereocenters. The summed E-state index contributed by atoms with van der Waals surface area (Å²) in [6.45, 7) is 13.2. The fourth-order valence-electron chi connectivity index (χ4n) is 3.47. The molecule has 0 aliphatic heterocycles. The Bertz CT molecular complexity index is 1350. The molecule has 0 saturated heterocycles. The Hall–Kier alpha value is -4.08. The summed E-state index contributed by atoms with van der Waals surface area (Å²) in [4.78, 5) is 34.5. The molecule has 1 aromatic carbocycles. The van der Waals surface area contributed by atoms with Gasteiger partial charge in [-0.2, -0.15) is 4.90 Å². The van der Waals surface area contributed by atoms with E-state index in [4.69, 9.17) is 14.2 Å². The number of ether oxygens (including phenoxy) is 3. The van der Waals surface area contributed by atoms with Crippen LogP contribution in [0.2, 0.25) is 0 Å². The summed E-state index contributed by atoms with van der Waals surface area (Å²) in [5.41, 5.74) is 0.132. The van der Waals surface area contributed by atoms with E-state index in [9.17, 15) is 14.0 Å². The number of benzene rings is 1. The number of anilines is 1. The summed E-state index contributed by atoms with van der Waals surface area (Å²) < 4.78 is 46.6. The van der Waals surface area contributed by atoms with E-state index in [0.717, 1.165) is 5.56 Å². The third-order valence-corrected chi connectivity index (χ3v) is 5.28. The van der Waals surface area contributed by atoms with Gasteiger partial charge in [0.25, 0.3) is 0 Å². The number of nitrogens with zero attached hydrogens (tertiary/aromatic N) is 3. The number of aromatic nitrogens is 2. The quantitative estimate of drug-likeness (QED) is 0.332. The molecule has 3 rings (SSSR count). The SMILES string of the molecule is Cc1ccc(Oc2cncc(Cc3ccnc(N(C(=O)OC(C)(C)C)C(=O)OC(C)(C)C)c3F)c2C)c(F)c1. The zero-order valence-corrected chi connectivity index (χ0v) is 23.4. The average molecular weight is 542 g/mol. The smallest absolute Gasteiger partial charge is 0.425 e. The number of aryl methyl sites for hydroxylation is 1. The van der Waals surface area contributed by atoms with Gasteiger partial charge in [0.15, 0.2) is 23.2 Å². The van der Waals surface area contributed by atoms with Crippen LogP contribution in [0.5, 0.6) is 11.5 Å². The number of imide groups is 1. The Kier molecular flexibility index (Phi) is 8.58. The highest BCUT2D eigenvalue weighted by Gasteiger charge is 2.36. The number of carbonyl (C=O) groups is 2. The molecule has 3 aromatic rings. The van der Waals surface area contributed by atoms with Crippen molar-refractivity contribution in [3.8, 4) is 11.5 Å². The lowest BCUT2D eigenvalue weighted by molar-refractivity contribution is 0.0427. The molecular weight excluding hydrogens is 508 g/mol. The van der Waals surface area contributed by atoms with Crippen molar-refractivity contribution in [1.82, 2.24) is 9.97 Å². The number of hydrogen-bond acceptors (Lipinski definition) is 7. The van der Waals surface area contributed by atoms with Crippen LogP contribution >= 0.6 is 0 Å². The van der Waals surface area contributed by atoms with E-state index in [1.807, 2.05) is 0 Å². The lowest BCUT2D eigenvalue weighted by atomic mass is 10.0. The number of hydrogen-bond donors (Lipinski definition) is 0. The molecule has 0 aliphatic carbocycles. The monoisotopic (exact) mass is 541 g/mol. The topological polar surface area (TPSA) is 90.9 Å². The Morgan fingerprint density at radius 1 is 0.872 bits per heavy atom. The number of amides is 2. The molecule has 2 aromatic heterocycles. The van der Waals surface area contributed by atoms with Gasteiger partial charge < -0.3 is 14.2 Å². The van der Waals surface area contributed by atoms with Crippen molar-refractivity contribution >= 4 is 18.0 Å². The van der Waals surface area contributed by atoms with Crippen LogP contribution in [0.3, 0.4) is 0 Å². The van der Waals surface area contributed by atoms with E-state index in [1.54, 1.807) is 61.5 Å². The molecule has 0 fully saturated rings. The van der Waals surface area contributed by atoms with Crippen LogP contribution in [0.1, 0.15) is 63.8 Å². The molecule has 8 nitrogen and oxygen atoms in total. The first kappa shape index (κ1) is 29.5. The van der Waals surface area contributed by atoms with Crippen LogP contribution in [-0.2, 0) is 15.9 Å². The third kappa shape index (κ3) is 7.72. The highest BCUT2D eigenvalue weighted by Crippen LogP contribution is 2.31. The second-order valence-electron chi connectivity index (χ2n) is 11.0. The van der Waals surface area contributed by atoms with E-state index in [0.29, 0.717) is 21.8 Å². The Morgan fingerprint density at radius 3 is 2.05 bits per heavy atom. The molecule has 208 valence electrons. The lowest BCUT2D eigenvalue weighted by Crippen LogP contribution is -2.44. The second-order valence-corrected chi connectivity index (χ2v) is 11.0. The Morgan fingerprint density at radius 2 is 1.49 bits per heavy atom. The first-order valence-electron chi connectivity index (χ1n) is 12.3. The Labute approximate surface area is 226 Å². The van der Waals surface area contributed by atoms with Gasteiger partial charge in [0.2, 0.25) is 0 Å². The van der Waals surface area contributed by atoms with Gasteiger partial charge in [0, 0.05) is 18.8 Å². The molecule has 39 heavy (non-hydrogen) atoms. The van der Waals surface area contributed by atoms with Crippen LogP contribution in [-0.4, -0.2) is 33.4 Å². The van der Waals surface area contributed by atoms with Crippen molar-refractivity contribution in [1.29, 1.82) is 0 Å². The van der Waals surface area contributed by atoms with Crippen LogP contribution in [0.25, 0.3) is 0 Å². The van der Waals surface area contributed by atoms with Gasteiger partial charge in [0.05, 0.1) is 6.20 Å². The summed E-state index contributed by atoms with van der Waals surface area (Å²) in [7, 11) is 0. The van der Waals surface area contributed by atoms with Crippen molar-refractivity contribution in [2.45, 2.75) is 73.0 Å². The molecule has 0 bridgehead atoms. The minimum atomic E-state index is -1.13. The van der Waals surface area contributed by atoms with Crippen LogP contribution in [0, 0.1) is 25.5 Å². The highest BCUT2D eigenvalue weighted by molar-refractivity contribution is 6.08. The van der Waals surface area contributed by atoms with Crippen LogP contribution in [0.4, 0.5) is 24.2 Å². The van der Waals surface area contributed by atoms with Crippen molar-refractivity contribution in [3.05, 3.63) is 76.7 Å². The largest absolute Gasteiger partial charge is 0.452 e. The first-order chi connectivity index (χ1) is 18.1. The molecule has 0 N–H and O–H groups in total. The average Bonchev–Trinajstić information content (AvgIpc) is 2.78. The van der Waals surface area contributed by atoms with Crippen molar-refractivity contribution in [2.24, 2.45) is 0 Å². The molecular formula is C29H33F2N3O5. The standard InChI is InChI=1S/C29H33F2N3O5/c1-17-9-10-22(21(30)13-17)37-23-16-32-15-20(18(23)2)14-19-11-12-33-25(24(19)31)34(26(35)38-28(3,4)5)27(36)39-29(6,7)8/h9-13,15-16H,14H2,1-8H3. The highest BCUT2D eigenvalue weighted by atomic mass is 19.1. The van der Waals surface area contributed by atoms with Crippen molar-refractivity contribution in [3.63, 3.8) is 0 Å². The fourth-order valence-corrected chi connectivity index (χ4v) is 3.47. The molecule has 2 amide bonds. The van der Waals surface area contributed by atoms with Crippen molar-refractivity contribution < 1.29 is 32.6 Å². The predicted octanol–water partition coefficient (Wildman–Crippen LogP) is 7.43. The van der Waals surface area contributed by atoms with Crippen LogP contribution < -0.4 is 9.64 Å². The predicted molar refractivity (Wildman–Crippen MR) is 142 cm³/mol. The lowest BCUT2D eigenvalue weighted by Gasteiger charge is -2.28. The number of rotatable bonds is 5. The summed E-state index contributed by atoms with van der Waals surface area (Å²) >= 11 is 0. The van der Waals surface area contributed by atoms with Gasteiger partial charge in [-0.3, -0.25) is 4.98 Å². The summed E-state index contributed by atoms with van der Waals surface area (Å²) in [5, 5.41) is 0. The summed E-state index contributed by atoms with van der Waals surface area (Å²) in [6, 6.07) is 6.03. The molecule has 0 radical (unpaired) electrons. The van der Waals surface area contributed by atoms with Gasteiger partial charge in [-0.1, -0.05) is 6.07 Å². The van der Waals surface area contributed by atoms with E-state index in [-0.39, 0.29) is 17.7 Å². The summed E-state index contributed by atoms with van der Waals surface area (Å²) in [5.74, 6) is -1.66. The minimum absolute atomic E-state index is 0.0181. The third-order valence-electron chi connectivity index (χ3n) is 5.28. The van der Waals surface area contributed by atoms with E-state index in [1.165, 1.54) is 36.8 Å². The van der Waals surface area contributed by atoms with Crippen molar-refractivity contribution in [2.75, 3.05) is 4.90 Å². The first-order valence-corrected chi connectivity index (χ1v) is 12.3. The molecule has 0 atom stereocenters. The Balaban J connectivity index is 1.97. The number of pyridine rings is 2. The number of carbonyl (C=O) groups excluding carboxylic acids is 2. The normalized spacial score (nSPS) is 11.6. The maximum atomic E-state index is 15.8. The molecule has 2 heterocycles.